The summed E-state index contributed by atoms with van der Waals surface area (Å²) in [7, 11) is 1.57. The van der Waals surface area contributed by atoms with Gasteiger partial charge in [0.25, 0.3) is 5.91 Å². The van der Waals surface area contributed by atoms with E-state index in [-0.39, 0.29) is 5.91 Å². The van der Waals surface area contributed by atoms with E-state index in [1.807, 2.05) is 19.9 Å². The molecule has 0 saturated carbocycles. The molecule has 1 amide bonds. The van der Waals surface area contributed by atoms with Crippen LogP contribution in [-0.2, 0) is 0 Å². The number of pyridine rings is 1. The van der Waals surface area contributed by atoms with Crippen molar-refractivity contribution in [3.05, 3.63) is 53.3 Å². The molecule has 0 aliphatic rings. The van der Waals surface area contributed by atoms with Crippen LogP contribution in [0.15, 0.2) is 41.6 Å². The van der Waals surface area contributed by atoms with Crippen molar-refractivity contribution in [2.45, 2.75) is 13.8 Å². The standard InChI is InChI=1S/C17H19N3O3/c1-4-23-15-8-6-13(9-16(15)22-3)10-19-20-17(21)14-7-5-12(2)18-11-14/h5-11H,4H2,1-3H3,(H,20,21)/b19-10+. The highest BCUT2D eigenvalue weighted by Gasteiger charge is 2.05. The Hall–Kier alpha value is -2.89. The highest BCUT2D eigenvalue weighted by atomic mass is 16.5. The predicted molar refractivity (Wildman–Crippen MR) is 88.2 cm³/mol. The Morgan fingerprint density at radius 1 is 1.30 bits per heavy atom. The summed E-state index contributed by atoms with van der Waals surface area (Å²) < 4.78 is 10.7. The van der Waals surface area contributed by atoms with Crippen LogP contribution in [0.5, 0.6) is 11.5 Å². The van der Waals surface area contributed by atoms with Crippen molar-refractivity contribution in [3.63, 3.8) is 0 Å². The second-order valence-electron chi connectivity index (χ2n) is 4.73. The average molecular weight is 313 g/mol. The molecule has 2 rings (SSSR count). The Labute approximate surface area is 135 Å². The van der Waals surface area contributed by atoms with Gasteiger partial charge in [0.2, 0.25) is 0 Å². The van der Waals surface area contributed by atoms with Crippen LogP contribution < -0.4 is 14.9 Å². The quantitative estimate of drug-likeness (QED) is 0.657. The first-order valence-corrected chi connectivity index (χ1v) is 7.21. The molecule has 0 unspecified atom stereocenters. The Kier molecular flexibility index (Phi) is 5.68. The van der Waals surface area contributed by atoms with Gasteiger partial charge in [0.1, 0.15) is 0 Å². The molecular formula is C17H19N3O3. The lowest BCUT2D eigenvalue weighted by Crippen LogP contribution is -2.17. The van der Waals surface area contributed by atoms with Crippen molar-refractivity contribution < 1.29 is 14.3 Å². The van der Waals surface area contributed by atoms with Crippen molar-refractivity contribution in [1.29, 1.82) is 0 Å². The number of hydrazone groups is 1. The zero-order chi connectivity index (χ0) is 16.7. The van der Waals surface area contributed by atoms with E-state index in [4.69, 9.17) is 9.47 Å². The van der Waals surface area contributed by atoms with Crippen LogP contribution in [0.2, 0.25) is 0 Å². The number of carbonyl (C=O) groups is 1. The zero-order valence-electron chi connectivity index (χ0n) is 13.4. The first-order valence-electron chi connectivity index (χ1n) is 7.21. The van der Waals surface area contributed by atoms with Crippen LogP contribution in [0.1, 0.15) is 28.5 Å². The molecule has 120 valence electrons. The molecule has 0 aliphatic carbocycles. The topological polar surface area (TPSA) is 72.8 Å². The van der Waals surface area contributed by atoms with Crippen LogP contribution in [-0.4, -0.2) is 30.8 Å². The van der Waals surface area contributed by atoms with Crippen molar-refractivity contribution in [2.24, 2.45) is 5.10 Å². The maximum Gasteiger partial charge on any atom is 0.272 e. The van der Waals surface area contributed by atoms with Gasteiger partial charge in [-0.3, -0.25) is 9.78 Å². The van der Waals surface area contributed by atoms with E-state index in [2.05, 4.69) is 15.5 Å². The lowest BCUT2D eigenvalue weighted by Gasteiger charge is -2.09. The molecule has 23 heavy (non-hydrogen) atoms. The van der Waals surface area contributed by atoms with Crippen LogP contribution >= 0.6 is 0 Å². The molecule has 0 saturated heterocycles. The molecule has 6 nitrogen and oxygen atoms in total. The van der Waals surface area contributed by atoms with Gasteiger partial charge >= 0.3 is 0 Å². The summed E-state index contributed by atoms with van der Waals surface area (Å²) in [6.07, 6.45) is 3.05. The van der Waals surface area contributed by atoms with Gasteiger partial charge in [-0.05, 0) is 49.7 Å². The highest BCUT2D eigenvalue weighted by Crippen LogP contribution is 2.27. The predicted octanol–water partition coefficient (Wildman–Crippen LogP) is 2.56. The number of ether oxygens (including phenoxy) is 2. The van der Waals surface area contributed by atoms with E-state index in [0.717, 1.165) is 11.3 Å². The van der Waals surface area contributed by atoms with Crippen LogP contribution in [0.4, 0.5) is 0 Å². The minimum atomic E-state index is -0.313. The number of nitrogens with zero attached hydrogens (tertiary/aromatic N) is 2. The lowest BCUT2D eigenvalue weighted by molar-refractivity contribution is 0.0955. The molecule has 1 N–H and O–H groups in total. The van der Waals surface area contributed by atoms with Gasteiger partial charge in [-0.15, -0.1) is 0 Å². The molecule has 2 aromatic rings. The van der Waals surface area contributed by atoms with Gasteiger partial charge in [0, 0.05) is 11.9 Å². The Bertz CT molecular complexity index is 697. The van der Waals surface area contributed by atoms with E-state index < -0.39 is 0 Å². The molecule has 1 heterocycles. The highest BCUT2D eigenvalue weighted by molar-refractivity contribution is 5.94. The number of aromatic nitrogens is 1. The second kappa shape index (κ2) is 7.93. The number of benzene rings is 1. The smallest absolute Gasteiger partial charge is 0.272 e. The molecule has 1 aromatic heterocycles. The van der Waals surface area contributed by atoms with Gasteiger partial charge in [0.15, 0.2) is 11.5 Å². The minimum Gasteiger partial charge on any atom is -0.493 e. The number of hydrogen-bond acceptors (Lipinski definition) is 5. The zero-order valence-corrected chi connectivity index (χ0v) is 13.4. The van der Waals surface area contributed by atoms with E-state index in [1.54, 1.807) is 31.4 Å². The molecule has 0 spiro atoms. The van der Waals surface area contributed by atoms with Gasteiger partial charge < -0.3 is 9.47 Å². The molecule has 6 heteroatoms. The Balaban J connectivity index is 2.02. The first-order chi connectivity index (χ1) is 11.1. The van der Waals surface area contributed by atoms with Gasteiger partial charge in [-0.25, -0.2) is 5.43 Å². The molecule has 0 radical (unpaired) electrons. The van der Waals surface area contributed by atoms with E-state index in [0.29, 0.717) is 23.7 Å². The molecule has 0 aliphatic heterocycles. The summed E-state index contributed by atoms with van der Waals surface area (Å²) in [6, 6.07) is 8.89. The van der Waals surface area contributed by atoms with Crippen molar-refractivity contribution in [1.82, 2.24) is 10.4 Å². The minimum absolute atomic E-state index is 0.313. The fraction of sp³-hybridized carbons (Fsp3) is 0.235. The average Bonchev–Trinajstić information content (AvgIpc) is 2.56. The third-order valence-corrected chi connectivity index (χ3v) is 3.04. The second-order valence-corrected chi connectivity index (χ2v) is 4.73. The summed E-state index contributed by atoms with van der Waals surface area (Å²) in [5.41, 5.74) is 4.56. The molecule has 0 bridgehead atoms. The third-order valence-electron chi connectivity index (χ3n) is 3.04. The Morgan fingerprint density at radius 3 is 2.78 bits per heavy atom. The molecule has 1 aromatic carbocycles. The van der Waals surface area contributed by atoms with E-state index >= 15 is 0 Å². The van der Waals surface area contributed by atoms with Crippen LogP contribution in [0.3, 0.4) is 0 Å². The monoisotopic (exact) mass is 313 g/mol. The van der Waals surface area contributed by atoms with Gasteiger partial charge in [-0.1, -0.05) is 0 Å². The van der Waals surface area contributed by atoms with E-state index in [1.165, 1.54) is 12.4 Å². The maximum absolute atomic E-state index is 11.9. The van der Waals surface area contributed by atoms with Crippen LogP contribution in [0, 0.1) is 6.92 Å². The van der Waals surface area contributed by atoms with Crippen LogP contribution in [0.25, 0.3) is 0 Å². The fourth-order valence-electron chi connectivity index (χ4n) is 1.87. The van der Waals surface area contributed by atoms with Crippen molar-refractivity contribution in [2.75, 3.05) is 13.7 Å². The molecule has 0 atom stereocenters. The number of nitrogens with one attached hydrogen (secondary N) is 1. The van der Waals surface area contributed by atoms with Crippen molar-refractivity contribution >= 4 is 12.1 Å². The SMILES string of the molecule is CCOc1ccc(/C=N/NC(=O)c2ccc(C)nc2)cc1OC. The molecular weight excluding hydrogens is 294 g/mol. The third kappa shape index (κ3) is 4.54. The molecule has 0 fully saturated rings. The summed E-state index contributed by atoms with van der Waals surface area (Å²) in [4.78, 5) is 16.0. The van der Waals surface area contributed by atoms with E-state index in [9.17, 15) is 4.79 Å². The van der Waals surface area contributed by atoms with Gasteiger partial charge in [-0.2, -0.15) is 5.10 Å². The maximum atomic E-state index is 11.9. The van der Waals surface area contributed by atoms with Crippen molar-refractivity contribution in [3.8, 4) is 11.5 Å². The number of hydrogen-bond donors (Lipinski definition) is 1. The number of aryl methyl sites for hydroxylation is 1. The number of rotatable bonds is 6. The number of methoxy groups -OCH3 is 1. The van der Waals surface area contributed by atoms with Gasteiger partial charge in [0.05, 0.1) is 25.5 Å². The first kappa shape index (κ1) is 16.5. The fourth-order valence-corrected chi connectivity index (χ4v) is 1.87. The largest absolute Gasteiger partial charge is 0.493 e. The summed E-state index contributed by atoms with van der Waals surface area (Å²) >= 11 is 0. The Morgan fingerprint density at radius 2 is 2.13 bits per heavy atom. The number of carbonyl (C=O) groups excluding carboxylic acids is 1. The summed E-state index contributed by atoms with van der Waals surface area (Å²) in [6.45, 7) is 4.33. The normalized spacial score (nSPS) is 10.6. The summed E-state index contributed by atoms with van der Waals surface area (Å²) in [5.74, 6) is 0.971. The lowest BCUT2D eigenvalue weighted by atomic mass is 10.2. The summed E-state index contributed by atoms with van der Waals surface area (Å²) in [5, 5.41) is 3.94. The number of amides is 1.